The first-order valence-electron chi connectivity index (χ1n) is 5.11. The van der Waals surface area contributed by atoms with Gasteiger partial charge in [-0.3, -0.25) is 9.59 Å². The van der Waals surface area contributed by atoms with Crippen molar-refractivity contribution in [2.75, 3.05) is 13.2 Å². The molecule has 0 spiro atoms. The van der Waals surface area contributed by atoms with Crippen molar-refractivity contribution < 1.29 is 18.7 Å². The third kappa shape index (κ3) is 3.87. The molecule has 1 rings (SSSR count). The number of ether oxygens (including phenoxy) is 1. The van der Waals surface area contributed by atoms with Crippen LogP contribution in [0.4, 0.5) is 4.39 Å². The zero-order valence-electron chi connectivity index (χ0n) is 9.70. The third-order valence-electron chi connectivity index (χ3n) is 2.05. The minimum absolute atomic E-state index is 0.00890. The molecule has 0 atom stereocenters. The lowest BCUT2D eigenvalue weighted by Gasteiger charge is -2.09. The second-order valence-corrected chi connectivity index (χ2v) is 3.42. The van der Waals surface area contributed by atoms with Crippen LogP contribution in [0.3, 0.4) is 0 Å². The number of Topliss-reactive ketones (excluding diaryl/α,β-unsaturated/α-hetero) is 1. The standard InChI is InChI=1S/C12H11FN2O3/c1-8(16)10-3-2-9(13)6-11(10)18-7-12(17)15-5-4-14/h2-3,6H,5,7H2,1H3,(H,15,17). The number of carbonyl (C=O) groups excluding carboxylic acids is 2. The third-order valence-corrected chi connectivity index (χ3v) is 2.05. The van der Waals surface area contributed by atoms with Gasteiger partial charge in [-0.25, -0.2) is 4.39 Å². The summed E-state index contributed by atoms with van der Waals surface area (Å²) in [6.07, 6.45) is 0. The average molecular weight is 250 g/mol. The molecule has 0 aliphatic rings. The number of hydrogen-bond donors (Lipinski definition) is 1. The Labute approximate surface area is 103 Å². The predicted octanol–water partition coefficient (Wildman–Crippen LogP) is 1.05. The fraction of sp³-hybridized carbons (Fsp3) is 0.250. The summed E-state index contributed by atoms with van der Waals surface area (Å²) in [6, 6.07) is 5.20. The number of benzene rings is 1. The van der Waals surface area contributed by atoms with Gasteiger partial charge in [-0.15, -0.1) is 0 Å². The Morgan fingerprint density at radius 1 is 1.50 bits per heavy atom. The van der Waals surface area contributed by atoms with Crippen LogP contribution in [0.25, 0.3) is 0 Å². The molecule has 0 aliphatic heterocycles. The Morgan fingerprint density at radius 3 is 2.83 bits per heavy atom. The molecule has 5 nitrogen and oxygen atoms in total. The van der Waals surface area contributed by atoms with Crippen molar-refractivity contribution in [1.29, 1.82) is 5.26 Å². The fourth-order valence-electron chi connectivity index (χ4n) is 1.24. The number of rotatable bonds is 5. The number of nitrogens with zero attached hydrogens (tertiary/aromatic N) is 1. The molecular formula is C12H11FN2O3. The minimum atomic E-state index is -0.563. The van der Waals surface area contributed by atoms with Gasteiger partial charge in [0, 0.05) is 6.07 Å². The van der Waals surface area contributed by atoms with Crippen molar-refractivity contribution in [1.82, 2.24) is 5.32 Å². The zero-order chi connectivity index (χ0) is 13.5. The first kappa shape index (κ1) is 13.6. The quantitative estimate of drug-likeness (QED) is 0.625. The summed E-state index contributed by atoms with van der Waals surface area (Å²) in [6.45, 7) is 0.798. The molecule has 1 N–H and O–H groups in total. The molecule has 0 heterocycles. The molecule has 0 fully saturated rings. The number of ketones is 1. The van der Waals surface area contributed by atoms with E-state index in [1.165, 1.54) is 13.0 Å². The van der Waals surface area contributed by atoms with Crippen LogP contribution in [-0.4, -0.2) is 24.8 Å². The predicted molar refractivity (Wildman–Crippen MR) is 60.5 cm³/mol. The molecule has 0 saturated heterocycles. The van der Waals surface area contributed by atoms with Crippen molar-refractivity contribution in [3.63, 3.8) is 0 Å². The Kier molecular flexibility index (Phi) is 4.81. The van der Waals surface area contributed by atoms with Crippen molar-refractivity contribution in [2.45, 2.75) is 6.92 Å². The Hall–Kier alpha value is -2.42. The summed E-state index contributed by atoms with van der Waals surface area (Å²) < 4.78 is 18.1. The van der Waals surface area contributed by atoms with Gasteiger partial charge in [0.05, 0.1) is 11.6 Å². The van der Waals surface area contributed by atoms with Crippen molar-refractivity contribution in [3.8, 4) is 11.8 Å². The van der Waals surface area contributed by atoms with Crippen molar-refractivity contribution in [3.05, 3.63) is 29.6 Å². The molecule has 1 aromatic carbocycles. The molecule has 0 unspecified atom stereocenters. The highest BCUT2D eigenvalue weighted by molar-refractivity contribution is 5.96. The summed E-state index contributed by atoms with van der Waals surface area (Å²) in [7, 11) is 0. The van der Waals surface area contributed by atoms with E-state index < -0.39 is 11.7 Å². The summed E-state index contributed by atoms with van der Waals surface area (Å²) in [5, 5.41) is 10.5. The number of nitrogens with one attached hydrogen (secondary N) is 1. The van der Waals surface area contributed by atoms with Crippen molar-refractivity contribution in [2.24, 2.45) is 0 Å². The lowest BCUT2D eigenvalue weighted by Crippen LogP contribution is -2.29. The normalized spacial score (nSPS) is 9.39. The highest BCUT2D eigenvalue weighted by atomic mass is 19.1. The molecule has 0 aliphatic carbocycles. The largest absolute Gasteiger partial charge is 0.483 e. The van der Waals surface area contributed by atoms with Crippen LogP contribution in [0.5, 0.6) is 5.75 Å². The smallest absolute Gasteiger partial charge is 0.258 e. The number of carbonyl (C=O) groups is 2. The molecule has 1 amide bonds. The van der Waals surface area contributed by atoms with Crippen LogP contribution in [-0.2, 0) is 4.79 Å². The average Bonchev–Trinajstić information content (AvgIpc) is 2.33. The fourth-order valence-corrected chi connectivity index (χ4v) is 1.24. The summed E-state index contributed by atoms with van der Waals surface area (Å²) >= 11 is 0. The highest BCUT2D eigenvalue weighted by Crippen LogP contribution is 2.20. The summed E-state index contributed by atoms with van der Waals surface area (Å²) in [4.78, 5) is 22.4. The number of nitriles is 1. The molecule has 6 heteroatoms. The highest BCUT2D eigenvalue weighted by Gasteiger charge is 2.11. The van der Waals surface area contributed by atoms with E-state index in [1.807, 2.05) is 0 Å². The topological polar surface area (TPSA) is 79.2 Å². The van der Waals surface area contributed by atoms with E-state index >= 15 is 0 Å². The van der Waals surface area contributed by atoms with E-state index in [-0.39, 0.29) is 30.2 Å². The van der Waals surface area contributed by atoms with Crippen LogP contribution in [0.2, 0.25) is 0 Å². The number of halogens is 1. The Morgan fingerprint density at radius 2 is 2.22 bits per heavy atom. The molecule has 1 aromatic rings. The Bertz CT molecular complexity index is 509. The lowest BCUT2D eigenvalue weighted by molar-refractivity contribution is -0.122. The van der Waals surface area contributed by atoms with Gasteiger partial charge >= 0.3 is 0 Å². The number of amides is 1. The van der Waals surface area contributed by atoms with Crippen LogP contribution in [0.1, 0.15) is 17.3 Å². The van der Waals surface area contributed by atoms with Crippen LogP contribution in [0.15, 0.2) is 18.2 Å². The van der Waals surface area contributed by atoms with Gasteiger partial charge in [0.1, 0.15) is 18.1 Å². The Balaban J connectivity index is 2.72. The molecule has 0 aromatic heterocycles. The number of hydrogen-bond acceptors (Lipinski definition) is 4. The molecule has 0 saturated carbocycles. The second-order valence-electron chi connectivity index (χ2n) is 3.42. The molecule has 0 radical (unpaired) electrons. The molecule has 0 bridgehead atoms. The van der Waals surface area contributed by atoms with E-state index in [1.54, 1.807) is 6.07 Å². The van der Waals surface area contributed by atoms with Crippen molar-refractivity contribution >= 4 is 11.7 Å². The van der Waals surface area contributed by atoms with Gasteiger partial charge in [0.15, 0.2) is 12.4 Å². The maximum atomic E-state index is 13.0. The van der Waals surface area contributed by atoms with Gasteiger partial charge < -0.3 is 10.1 Å². The maximum absolute atomic E-state index is 13.0. The molecule has 18 heavy (non-hydrogen) atoms. The van der Waals surface area contributed by atoms with E-state index in [4.69, 9.17) is 10.00 Å². The van der Waals surface area contributed by atoms with Gasteiger partial charge in [0.2, 0.25) is 0 Å². The first-order valence-corrected chi connectivity index (χ1v) is 5.11. The SMILES string of the molecule is CC(=O)c1ccc(F)cc1OCC(=O)NCC#N. The zero-order valence-corrected chi connectivity index (χ0v) is 9.70. The van der Waals surface area contributed by atoms with E-state index in [9.17, 15) is 14.0 Å². The lowest BCUT2D eigenvalue weighted by atomic mass is 10.1. The maximum Gasteiger partial charge on any atom is 0.258 e. The van der Waals surface area contributed by atoms with Gasteiger partial charge in [-0.1, -0.05) is 0 Å². The summed E-state index contributed by atoms with van der Waals surface area (Å²) in [5.74, 6) is -1.36. The van der Waals surface area contributed by atoms with Crippen LogP contribution in [0, 0.1) is 17.1 Å². The van der Waals surface area contributed by atoms with Gasteiger partial charge in [0.25, 0.3) is 5.91 Å². The first-order chi connectivity index (χ1) is 8.54. The van der Waals surface area contributed by atoms with E-state index in [0.29, 0.717) is 0 Å². The van der Waals surface area contributed by atoms with Gasteiger partial charge in [-0.2, -0.15) is 5.26 Å². The monoisotopic (exact) mass is 250 g/mol. The van der Waals surface area contributed by atoms with Crippen LogP contribution >= 0.6 is 0 Å². The molecule has 94 valence electrons. The molecular weight excluding hydrogens is 239 g/mol. The summed E-state index contributed by atoms with van der Waals surface area (Å²) in [5.41, 5.74) is 0.199. The van der Waals surface area contributed by atoms with E-state index in [2.05, 4.69) is 5.32 Å². The minimum Gasteiger partial charge on any atom is -0.483 e. The second kappa shape index (κ2) is 6.35. The van der Waals surface area contributed by atoms with Gasteiger partial charge in [-0.05, 0) is 19.1 Å². The van der Waals surface area contributed by atoms with Crippen LogP contribution < -0.4 is 10.1 Å². The van der Waals surface area contributed by atoms with E-state index in [0.717, 1.165) is 12.1 Å².